The molecule has 0 spiro atoms. The monoisotopic (exact) mass is 306 g/mol. The topological polar surface area (TPSA) is 46.3 Å². The molecule has 3 aromatic rings. The Morgan fingerprint density at radius 3 is 3.00 bits per heavy atom. The number of nitrogens with zero attached hydrogens (tertiary/aromatic N) is 2. The van der Waals surface area contributed by atoms with E-state index in [0.717, 1.165) is 30.7 Å². The maximum atomic E-state index is 12.5. The van der Waals surface area contributed by atoms with Crippen LogP contribution in [-0.2, 0) is 24.2 Å². The molecule has 0 fully saturated rings. The van der Waals surface area contributed by atoms with E-state index in [1.54, 1.807) is 6.20 Å². The number of hydrogen-bond acceptors (Lipinski definition) is 3. The van der Waals surface area contributed by atoms with Crippen molar-refractivity contribution in [1.29, 1.82) is 0 Å². The number of fused-ring (bicyclic) bond motifs is 2. The lowest BCUT2D eigenvalue weighted by atomic mass is 10.0. The van der Waals surface area contributed by atoms with Gasteiger partial charge in [-0.3, -0.25) is 4.79 Å². The molecule has 1 aliphatic heterocycles. The van der Waals surface area contributed by atoms with Crippen LogP contribution in [0.25, 0.3) is 10.8 Å². The molecule has 4 nitrogen and oxygen atoms in total. The van der Waals surface area contributed by atoms with Gasteiger partial charge in [0.25, 0.3) is 0 Å². The van der Waals surface area contributed by atoms with Crippen LogP contribution in [0.4, 0.5) is 0 Å². The molecule has 4 heteroatoms. The van der Waals surface area contributed by atoms with Gasteiger partial charge in [0.15, 0.2) is 0 Å². The lowest BCUT2D eigenvalue weighted by Crippen LogP contribution is -2.35. The quantitative estimate of drug-likeness (QED) is 0.745. The molecule has 0 aliphatic carbocycles. The fourth-order valence-corrected chi connectivity index (χ4v) is 3.26. The Morgan fingerprint density at radius 1 is 1.17 bits per heavy atom. The summed E-state index contributed by atoms with van der Waals surface area (Å²) in [5, 5.41) is 6.28. The summed E-state index contributed by atoms with van der Waals surface area (Å²) in [7, 11) is 0. The van der Waals surface area contributed by atoms with E-state index in [9.17, 15) is 4.79 Å². The molecule has 0 atom stereocenters. The molecule has 116 valence electrons. The Labute approximate surface area is 134 Å². The lowest BCUT2D eigenvalue weighted by molar-refractivity contribution is -0.132. The van der Waals surface area contributed by atoms with Gasteiger partial charge < -0.3 is 9.42 Å². The summed E-state index contributed by atoms with van der Waals surface area (Å²) in [5.74, 6) is 1.12. The largest absolute Gasteiger partial charge is 0.361 e. The van der Waals surface area contributed by atoms with Crippen LogP contribution in [0.15, 0.2) is 53.2 Å². The van der Waals surface area contributed by atoms with Crippen molar-refractivity contribution in [2.24, 2.45) is 0 Å². The van der Waals surface area contributed by atoms with Crippen molar-refractivity contribution in [2.75, 3.05) is 6.54 Å². The van der Waals surface area contributed by atoms with Crippen molar-refractivity contribution in [3.63, 3.8) is 0 Å². The van der Waals surface area contributed by atoms with Gasteiger partial charge in [-0.05, 0) is 22.8 Å². The minimum atomic E-state index is 0.199. The van der Waals surface area contributed by atoms with Crippen molar-refractivity contribution in [1.82, 2.24) is 10.1 Å². The van der Waals surface area contributed by atoms with Gasteiger partial charge in [-0.15, -0.1) is 0 Å². The third-order valence-corrected chi connectivity index (χ3v) is 4.54. The molecule has 2 heterocycles. The Bertz CT molecular complexity index is 848. The Morgan fingerprint density at radius 2 is 2.04 bits per heavy atom. The van der Waals surface area contributed by atoms with Gasteiger partial charge in [-0.1, -0.05) is 47.6 Å². The molecule has 4 rings (SSSR count). The van der Waals surface area contributed by atoms with Crippen molar-refractivity contribution >= 4 is 16.7 Å². The fraction of sp³-hybridized carbons (Fsp3) is 0.263. The molecule has 0 bridgehead atoms. The summed E-state index contributed by atoms with van der Waals surface area (Å²) in [6.45, 7) is 1.34. The lowest BCUT2D eigenvalue weighted by Gasteiger charge is -2.25. The Kier molecular flexibility index (Phi) is 3.58. The Balaban J connectivity index is 1.45. The molecule has 1 amide bonds. The van der Waals surface area contributed by atoms with Gasteiger partial charge in [0.05, 0.1) is 12.7 Å². The van der Waals surface area contributed by atoms with E-state index in [4.69, 9.17) is 4.52 Å². The third kappa shape index (κ3) is 2.72. The molecular formula is C19H18N2O2. The minimum Gasteiger partial charge on any atom is -0.361 e. The zero-order valence-corrected chi connectivity index (χ0v) is 12.9. The predicted octanol–water partition coefficient (Wildman–Crippen LogP) is 3.35. The predicted molar refractivity (Wildman–Crippen MR) is 87.9 cm³/mol. The van der Waals surface area contributed by atoms with Crippen molar-refractivity contribution < 1.29 is 9.32 Å². The molecule has 0 N–H and O–H groups in total. The van der Waals surface area contributed by atoms with Crippen LogP contribution in [0.2, 0.25) is 0 Å². The summed E-state index contributed by atoms with van der Waals surface area (Å²) in [6, 6.07) is 14.6. The van der Waals surface area contributed by atoms with E-state index in [1.165, 1.54) is 16.3 Å². The number of carbonyl (C=O) groups excluding carboxylic acids is 1. The SMILES string of the molecule is O=C(CCc1cccc2ccccc12)N1CCc2oncc2C1. The summed E-state index contributed by atoms with van der Waals surface area (Å²) in [6.07, 6.45) is 3.79. The average Bonchev–Trinajstić information content (AvgIpc) is 3.07. The molecule has 2 aromatic carbocycles. The number of rotatable bonds is 3. The first-order valence-electron chi connectivity index (χ1n) is 7.98. The van der Waals surface area contributed by atoms with E-state index in [2.05, 4.69) is 35.5 Å². The van der Waals surface area contributed by atoms with E-state index < -0.39 is 0 Å². The second-order valence-electron chi connectivity index (χ2n) is 5.98. The van der Waals surface area contributed by atoms with Crippen LogP contribution in [-0.4, -0.2) is 22.5 Å². The average molecular weight is 306 g/mol. The second kappa shape index (κ2) is 5.88. The van der Waals surface area contributed by atoms with Gasteiger partial charge in [-0.2, -0.15) is 0 Å². The zero-order valence-electron chi connectivity index (χ0n) is 12.9. The highest BCUT2D eigenvalue weighted by Crippen LogP contribution is 2.22. The third-order valence-electron chi connectivity index (χ3n) is 4.54. The van der Waals surface area contributed by atoms with Crippen LogP contribution in [0.3, 0.4) is 0 Å². The van der Waals surface area contributed by atoms with Gasteiger partial charge in [0, 0.05) is 24.9 Å². The van der Waals surface area contributed by atoms with Gasteiger partial charge in [-0.25, -0.2) is 0 Å². The first kappa shape index (κ1) is 14.0. The molecule has 0 saturated carbocycles. The highest BCUT2D eigenvalue weighted by molar-refractivity contribution is 5.86. The number of aromatic nitrogens is 1. The summed E-state index contributed by atoms with van der Waals surface area (Å²) in [5.41, 5.74) is 2.27. The minimum absolute atomic E-state index is 0.199. The van der Waals surface area contributed by atoms with E-state index in [-0.39, 0.29) is 5.91 Å². The number of carbonyl (C=O) groups is 1. The molecular weight excluding hydrogens is 288 g/mol. The smallest absolute Gasteiger partial charge is 0.223 e. The number of hydrogen-bond donors (Lipinski definition) is 0. The fourth-order valence-electron chi connectivity index (χ4n) is 3.26. The van der Waals surface area contributed by atoms with Crippen LogP contribution in [0.1, 0.15) is 23.3 Å². The first-order chi connectivity index (χ1) is 11.3. The van der Waals surface area contributed by atoms with Crippen molar-refractivity contribution in [3.8, 4) is 0 Å². The van der Waals surface area contributed by atoms with E-state index >= 15 is 0 Å². The maximum Gasteiger partial charge on any atom is 0.223 e. The molecule has 0 radical (unpaired) electrons. The van der Waals surface area contributed by atoms with Crippen molar-refractivity contribution in [3.05, 3.63) is 65.5 Å². The summed E-state index contributed by atoms with van der Waals surface area (Å²) >= 11 is 0. The molecule has 1 aromatic heterocycles. The van der Waals surface area contributed by atoms with Gasteiger partial charge in [0.2, 0.25) is 5.91 Å². The summed E-state index contributed by atoms with van der Waals surface area (Å²) < 4.78 is 5.17. The molecule has 0 saturated heterocycles. The number of amides is 1. The highest BCUT2D eigenvalue weighted by Gasteiger charge is 2.23. The number of aryl methyl sites for hydroxylation is 1. The van der Waals surface area contributed by atoms with Crippen LogP contribution >= 0.6 is 0 Å². The van der Waals surface area contributed by atoms with Crippen LogP contribution in [0, 0.1) is 0 Å². The first-order valence-corrected chi connectivity index (χ1v) is 7.98. The highest BCUT2D eigenvalue weighted by atomic mass is 16.5. The van der Waals surface area contributed by atoms with Crippen molar-refractivity contribution in [2.45, 2.75) is 25.8 Å². The van der Waals surface area contributed by atoms with E-state index in [0.29, 0.717) is 13.0 Å². The van der Waals surface area contributed by atoms with Crippen LogP contribution < -0.4 is 0 Å². The molecule has 1 aliphatic rings. The molecule has 23 heavy (non-hydrogen) atoms. The van der Waals surface area contributed by atoms with Crippen LogP contribution in [0.5, 0.6) is 0 Å². The van der Waals surface area contributed by atoms with Gasteiger partial charge in [0.1, 0.15) is 5.76 Å². The maximum absolute atomic E-state index is 12.5. The summed E-state index contributed by atoms with van der Waals surface area (Å²) in [4.78, 5) is 14.4. The standard InChI is InChI=1S/C19H18N2O2/c22-19(21-11-10-18-16(13-21)12-20-23-18)9-8-15-6-3-5-14-4-1-2-7-17(14)15/h1-7,12H,8-11,13H2. The normalized spacial score (nSPS) is 14.0. The van der Waals surface area contributed by atoms with E-state index in [1.807, 2.05) is 17.0 Å². The van der Waals surface area contributed by atoms with Gasteiger partial charge >= 0.3 is 0 Å². The Hall–Kier alpha value is -2.62. The molecule has 0 unspecified atom stereocenters. The zero-order chi connectivity index (χ0) is 15.6. The number of benzene rings is 2. The second-order valence-corrected chi connectivity index (χ2v) is 5.98.